The number of rotatable bonds is 3. The molecule has 0 aliphatic carbocycles. The lowest BCUT2D eigenvalue weighted by Crippen LogP contribution is -2.45. The standard InChI is InChI=1S/C17H20ClN5O2/c1-23-22-15(11-6-2-3-7-12(11)18)16-13(25-23)10-19-17(21-16)20-14-8-4-5-9-24-14/h2-3,6-7,10,14-15,22H,4-5,8-9H2,1H3,(H,19,20,21). The summed E-state index contributed by atoms with van der Waals surface area (Å²) in [4.78, 5) is 14.7. The van der Waals surface area contributed by atoms with Crippen molar-refractivity contribution in [3.05, 3.63) is 46.7 Å². The average Bonchev–Trinajstić information content (AvgIpc) is 2.63. The first-order chi connectivity index (χ1) is 12.2. The van der Waals surface area contributed by atoms with Gasteiger partial charge in [-0.1, -0.05) is 35.0 Å². The van der Waals surface area contributed by atoms with Gasteiger partial charge in [0.05, 0.1) is 12.2 Å². The van der Waals surface area contributed by atoms with E-state index in [2.05, 4.69) is 20.7 Å². The molecule has 132 valence electrons. The van der Waals surface area contributed by atoms with E-state index in [0.29, 0.717) is 16.7 Å². The van der Waals surface area contributed by atoms with Crippen molar-refractivity contribution in [2.24, 2.45) is 0 Å². The molecule has 2 unspecified atom stereocenters. The minimum Gasteiger partial charge on any atom is -0.388 e. The highest BCUT2D eigenvalue weighted by Gasteiger charge is 2.30. The smallest absolute Gasteiger partial charge is 0.225 e. The summed E-state index contributed by atoms with van der Waals surface area (Å²) in [6.45, 7) is 0.764. The van der Waals surface area contributed by atoms with E-state index < -0.39 is 0 Å². The second kappa shape index (κ2) is 7.13. The number of aromatic nitrogens is 2. The van der Waals surface area contributed by atoms with E-state index in [1.54, 1.807) is 13.2 Å². The Labute approximate surface area is 151 Å². The van der Waals surface area contributed by atoms with E-state index in [0.717, 1.165) is 37.1 Å². The van der Waals surface area contributed by atoms with Crippen LogP contribution in [0.1, 0.15) is 36.6 Å². The molecule has 4 rings (SSSR count). The summed E-state index contributed by atoms with van der Waals surface area (Å²) in [5.41, 5.74) is 4.90. The lowest BCUT2D eigenvalue weighted by molar-refractivity contribution is -0.104. The molecule has 1 aromatic heterocycles. The van der Waals surface area contributed by atoms with Crippen LogP contribution >= 0.6 is 11.6 Å². The van der Waals surface area contributed by atoms with Gasteiger partial charge in [-0.25, -0.2) is 15.4 Å². The molecule has 2 N–H and O–H groups in total. The number of halogens is 1. The van der Waals surface area contributed by atoms with Gasteiger partial charge in [0.25, 0.3) is 0 Å². The van der Waals surface area contributed by atoms with Gasteiger partial charge in [0.15, 0.2) is 5.75 Å². The number of hydroxylamine groups is 1. The molecule has 0 spiro atoms. The van der Waals surface area contributed by atoms with Crippen LogP contribution in [0.2, 0.25) is 5.02 Å². The van der Waals surface area contributed by atoms with Gasteiger partial charge in [-0.05, 0) is 30.9 Å². The summed E-state index contributed by atoms with van der Waals surface area (Å²) >= 11 is 6.39. The molecule has 2 aliphatic heterocycles. The van der Waals surface area contributed by atoms with E-state index in [1.165, 1.54) is 5.17 Å². The van der Waals surface area contributed by atoms with Gasteiger partial charge < -0.3 is 14.9 Å². The highest BCUT2D eigenvalue weighted by Crippen LogP contribution is 2.35. The molecule has 1 aromatic carbocycles. The van der Waals surface area contributed by atoms with Crippen molar-refractivity contribution in [2.45, 2.75) is 31.5 Å². The van der Waals surface area contributed by atoms with Crippen LogP contribution in [0, 0.1) is 0 Å². The third kappa shape index (κ3) is 3.55. The molecule has 2 aromatic rings. The summed E-state index contributed by atoms with van der Waals surface area (Å²) in [5, 5.41) is 5.46. The highest BCUT2D eigenvalue weighted by atomic mass is 35.5. The number of hydrogen-bond acceptors (Lipinski definition) is 7. The number of benzene rings is 1. The van der Waals surface area contributed by atoms with E-state index >= 15 is 0 Å². The molecule has 3 heterocycles. The molecular formula is C17H20ClN5O2. The molecule has 8 heteroatoms. The number of nitrogens with zero attached hydrogens (tertiary/aromatic N) is 3. The van der Waals surface area contributed by atoms with Crippen LogP contribution in [-0.2, 0) is 4.74 Å². The first-order valence-electron chi connectivity index (χ1n) is 8.38. The van der Waals surface area contributed by atoms with E-state index in [1.807, 2.05) is 24.3 Å². The Kier molecular flexibility index (Phi) is 4.72. The zero-order valence-electron chi connectivity index (χ0n) is 13.9. The van der Waals surface area contributed by atoms with Crippen molar-refractivity contribution in [1.82, 2.24) is 20.6 Å². The van der Waals surface area contributed by atoms with Crippen molar-refractivity contribution >= 4 is 17.5 Å². The maximum Gasteiger partial charge on any atom is 0.225 e. The normalized spacial score (nSPS) is 23.6. The van der Waals surface area contributed by atoms with Crippen molar-refractivity contribution in [1.29, 1.82) is 0 Å². The number of hydrogen-bond donors (Lipinski definition) is 2. The van der Waals surface area contributed by atoms with Crippen molar-refractivity contribution in [3.63, 3.8) is 0 Å². The third-order valence-corrected chi connectivity index (χ3v) is 4.63. The summed E-state index contributed by atoms with van der Waals surface area (Å²) < 4.78 is 5.71. The molecule has 7 nitrogen and oxygen atoms in total. The predicted molar refractivity (Wildman–Crippen MR) is 94.1 cm³/mol. The van der Waals surface area contributed by atoms with Gasteiger partial charge in [0, 0.05) is 18.7 Å². The second-order valence-corrected chi connectivity index (χ2v) is 6.52. The zero-order chi connectivity index (χ0) is 17.2. The minimum absolute atomic E-state index is 0.0503. The van der Waals surface area contributed by atoms with Gasteiger partial charge in [0.2, 0.25) is 5.95 Å². The Morgan fingerprint density at radius 1 is 1.32 bits per heavy atom. The first-order valence-corrected chi connectivity index (χ1v) is 8.76. The molecule has 25 heavy (non-hydrogen) atoms. The van der Waals surface area contributed by atoms with Crippen LogP contribution in [0.3, 0.4) is 0 Å². The summed E-state index contributed by atoms with van der Waals surface area (Å²) in [6.07, 6.45) is 4.81. The predicted octanol–water partition coefficient (Wildman–Crippen LogP) is 2.90. The molecule has 1 fully saturated rings. The Bertz CT molecular complexity index is 754. The summed E-state index contributed by atoms with van der Waals surface area (Å²) in [5.74, 6) is 1.12. The van der Waals surface area contributed by atoms with Crippen LogP contribution in [-0.4, -0.2) is 35.0 Å². The van der Waals surface area contributed by atoms with E-state index in [9.17, 15) is 0 Å². The topological polar surface area (TPSA) is 71.5 Å². The Balaban J connectivity index is 1.66. The van der Waals surface area contributed by atoms with Crippen molar-refractivity contribution in [2.75, 3.05) is 19.0 Å². The monoisotopic (exact) mass is 361 g/mol. The molecule has 1 saturated heterocycles. The van der Waals surface area contributed by atoms with Gasteiger partial charge in [-0.3, -0.25) is 0 Å². The maximum atomic E-state index is 6.39. The van der Waals surface area contributed by atoms with Crippen molar-refractivity contribution < 1.29 is 9.57 Å². The van der Waals surface area contributed by atoms with Gasteiger partial charge in [-0.15, -0.1) is 0 Å². The Hall–Kier alpha value is -1.93. The van der Waals surface area contributed by atoms with Crippen LogP contribution in [0.5, 0.6) is 5.75 Å². The maximum absolute atomic E-state index is 6.39. The zero-order valence-corrected chi connectivity index (χ0v) is 14.7. The molecular weight excluding hydrogens is 342 g/mol. The lowest BCUT2D eigenvalue weighted by Gasteiger charge is -2.32. The van der Waals surface area contributed by atoms with E-state index in [4.69, 9.17) is 21.2 Å². The lowest BCUT2D eigenvalue weighted by atomic mass is 10.0. The molecule has 0 radical (unpaired) electrons. The van der Waals surface area contributed by atoms with Crippen LogP contribution in [0.15, 0.2) is 30.5 Å². The fourth-order valence-corrected chi connectivity index (χ4v) is 3.32. The molecule has 0 amide bonds. The number of nitrogens with one attached hydrogen (secondary N) is 2. The molecule has 2 atom stereocenters. The second-order valence-electron chi connectivity index (χ2n) is 6.12. The SMILES string of the molecule is CN1NC(c2ccccc2Cl)c2nc(NC3CCCCO3)ncc2O1. The van der Waals surface area contributed by atoms with Gasteiger partial charge in [-0.2, -0.15) is 0 Å². The van der Waals surface area contributed by atoms with Gasteiger partial charge >= 0.3 is 0 Å². The van der Waals surface area contributed by atoms with E-state index in [-0.39, 0.29) is 12.3 Å². The molecule has 2 aliphatic rings. The number of fused-ring (bicyclic) bond motifs is 1. The fourth-order valence-electron chi connectivity index (χ4n) is 3.07. The van der Waals surface area contributed by atoms with Crippen molar-refractivity contribution in [3.8, 4) is 5.75 Å². The Morgan fingerprint density at radius 3 is 3.00 bits per heavy atom. The highest BCUT2D eigenvalue weighted by molar-refractivity contribution is 6.31. The fraction of sp³-hybridized carbons (Fsp3) is 0.412. The largest absolute Gasteiger partial charge is 0.388 e. The van der Waals surface area contributed by atoms with Crippen LogP contribution in [0.25, 0.3) is 0 Å². The summed E-state index contributed by atoms with van der Waals surface area (Å²) in [6, 6.07) is 7.47. The average molecular weight is 362 g/mol. The van der Waals surface area contributed by atoms with Crippen LogP contribution in [0.4, 0.5) is 5.95 Å². The quantitative estimate of drug-likeness (QED) is 0.870. The number of ether oxygens (including phenoxy) is 1. The molecule has 0 bridgehead atoms. The van der Waals surface area contributed by atoms with Gasteiger partial charge in [0.1, 0.15) is 11.9 Å². The number of anilines is 1. The number of hydrazine groups is 1. The Morgan fingerprint density at radius 2 is 2.20 bits per heavy atom. The van der Waals surface area contributed by atoms with Crippen LogP contribution < -0.4 is 15.6 Å². The summed E-state index contributed by atoms with van der Waals surface area (Å²) in [7, 11) is 1.79. The third-order valence-electron chi connectivity index (χ3n) is 4.29. The first kappa shape index (κ1) is 16.5. The minimum atomic E-state index is -0.224. The molecule has 0 saturated carbocycles.